The summed E-state index contributed by atoms with van der Waals surface area (Å²) in [7, 11) is 0. The van der Waals surface area contributed by atoms with Crippen LogP contribution in [0.1, 0.15) is 5.56 Å². The zero-order valence-electron chi connectivity index (χ0n) is 8.19. The van der Waals surface area contributed by atoms with Gasteiger partial charge < -0.3 is 15.5 Å². The second-order valence-electron chi connectivity index (χ2n) is 3.22. The fourth-order valence-corrected chi connectivity index (χ4v) is 1.47. The van der Waals surface area contributed by atoms with E-state index < -0.39 is 0 Å². The highest BCUT2D eigenvalue weighted by atomic mass is 16.5. The number of para-hydroxylation sites is 1. The molecule has 1 heterocycles. The summed E-state index contributed by atoms with van der Waals surface area (Å²) in [5.41, 5.74) is 7.15. The van der Waals surface area contributed by atoms with Crippen LogP contribution in [0.4, 0.5) is 0 Å². The summed E-state index contributed by atoms with van der Waals surface area (Å²) in [6.07, 6.45) is 1.84. The number of rotatable bonds is 3. The first-order chi connectivity index (χ1) is 7.31. The Balaban J connectivity index is 2.18. The number of hydrogen-bond donors (Lipinski definition) is 2. The van der Waals surface area contributed by atoms with Crippen molar-refractivity contribution in [1.29, 1.82) is 0 Å². The minimum atomic E-state index is -0.389. The molecule has 0 aliphatic heterocycles. The number of nitrogens with one attached hydrogen (secondary N) is 1. The molecule has 0 aliphatic carbocycles. The SMILES string of the molecule is NCC(=O)OCc1c[nH]c2ccccc12. The Labute approximate surface area is 87.0 Å². The number of esters is 1. The molecule has 0 aliphatic rings. The predicted octanol–water partition coefficient (Wildman–Crippen LogP) is 1.17. The molecule has 2 rings (SSSR count). The lowest BCUT2D eigenvalue weighted by Crippen LogP contribution is -2.16. The molecule has 0 amide bonds. The second-order valence-corrected chi connectivity index (χ2v) is 3.22. The van der Waals surface area contributed by atoms with Crippen molar-refractivity contribution in [2.45, 2.75) is 6.61 Å². The Hall–Kier alpha value is -1.81. The molecule has 0 saturated heterocycles. The van der Waals surface area contributed by atoms with Gasteiger partial charge in [0.05, 0.1) is 6.54 Å². The number of nitrogens with two attached hydrogens (primary N) is 1. The third-order valence-corrected chi connectivity index (χ3v) is 2.23. The van der Waals surface area contributed by atoms with Gasteiger partial charge in [0, 0.05) is 22.7 Å². The number of H-pyrrole nitrogens is 1. The molecular weight excluding hydrogens is 192 g/mol. The number of carbonyl (C=O) groups is 1. The number of aromatic amines is 1. The number of fused-ring (bicyclic) bond motifs is 1. The van der Waals surface area contributed by atoms with Gasteiger partial charge in [-0.2, -0.15) is 0 Å². The van der Waals surface area contributed by atoms with Crippen LogP contribution >= 0.6 is 0 Å². The van der Waals surface area contributed by atoms with E-state index in [1.165, 1.54) is 0 Å². The normalized spacial score (nSPS) is 10.5. The fraction of sp³-hybridized carbons (Fsp3) is 0.182. The van der Waals surface area contributed by atoms with Crippen molar-refractivity contribution in [2.24, 2.45) is 5.73 Å². The molecule has 0 atom stereocenters. The molecule has 2 aromatic rings. The van der Waals surface area contributed by atoms with Gasteiger partial charge in [0.1, 0.15) is 6.61 Å². The lowest BCUT2D eigenvalue weighted by atomic mass is 10.2. The van der Waals surface area contributed by atoms with E-state index in [4.69, 9.17) is 10.5 Å². The van der Waals surface area contributed by atoms with Gasteiger partial charge in [0.25, 0.3) is 0 Å². The number of carbonyl (C=O) groups excluding carboxylic acids is 1. The number of benzene rings is 1. The van der Waals surface area contributed by atoms with Gasteiger partial charge in [-0.1, -0.05) is 18.2 Å². The summed E-state index contributed by atoms with van der Waals surface area (Å²) >= 11 is 0. The Morgan fingerprint density at radius 3 is 3.00 bits per heavy atom. The molecule has 0 spiro atoms. The summed E-state index contributed by atoms with van der Waals surface area (Å²) in [5, 5.41) is 1.07. The molecule has 0 bridgehead atoms. The molecule has 4 heteroatoms. The van der Waals surface area contributed by atoms with Crippen LogP contribution in [0.3, 0.4) is 0 Å². The van der Waals surface area contributed by atoms with Gasteiger partial charge in [0.2, 0.25) is 0 Å². The van der Waals surface area contributed by atoms with Crippen LogP contribution in [0.5, 0.6) is 0 Å². The summed E-state index contributed by atoms with van der Waals surface area (Å²) in [4.78, 5) is 14.0. The molecule has 1 aromatic heterocycles. The maximum absolute atomic E-state index is 10.9. The van der Waals surface area contributed by atoms with Crippen LogP contribution in [0.2, 0.25) is 0 Å². The van der Waals surface area contributed by atoms with Crippen LogP contribution in [-0.2, 0) is 16.1 Å². The van der Waals surface area contributed by atoms with E-state index in [0.717, 1.165) is 16.5 Å². The summed E-state index contributed by atoms with van der Waals surface area (Å²) in [6, 6.07) is 7.86. The topological polar surface area (TPSA) is 68.1 Å². The molecule has 4 nitrogen and oxygen atoms in total. The van der Waals surface area contributed by atoms with E-state index in [0.29, 0.717) is 0 Å². The zero-order chi connectivity index (χ0) is 10.7. The van der Waals surface area contributed by atoms with Gasteiger partial charge in [-0.05, 0) is 6.07 Å². The van der Waals surface area contributed by atoms with E-state index >= 15 is 0 Å². The van der Waals surface area contributed by atoms with E-state index in [9.17, 15) is 4.79 Å². The van der Waals surface area contributed by atoms with Crippen LogP contribution in [-0.4, -0.2) is 17.5 Å². The molecular formula is C11H12N2O2. The number of hydrogen-bond acceptors (Lipinski definition) is 3. The van der Waals surface area contributed by atoms with Gasteiger partial charge >= 0.3 is 5.97 Å². The lowest BCUT2D eigenvalue weighted by Gasteiger charge is -2.01. The standard InChI is InChI=1S/C11H12N2O2/c12-5-11(14)15-7-8-6-13-10-4-2-1-3-9(8)10/h1-4,6,13H,5,7,12H2. The van der Waals surface area contributed by atoms with Crippen molar-refractivity contribution >= 4 is 16.9 Å². The Morgan fingerprint density at radius 1 is 1.40 bits per heavy atom. The first-order valence-electron chi connectivity index (χ1n) is 4.72. The Kier molecular flexibility index (Phi) is 2.69. The Morgan fingerprint density at radius 2 is 2.20 bits per heavy atom. The van der Waals surface area contributed by atoms with Gasteiger partial charge in [0.15, 0.2) is 0 Å². The smallest absolute Gasteiger partial charge is 0.320 e. The Bertz CT molecular complexity index is 476. The van der Waals surface area contributed by atoms with E-state index in [1.807, 2.05) is 30.5 Å². The van der Waals surface area contributed by atoms with Gasteiger partial charge in [-0.3, -0.25) is 4.79 Å². The molecule has 0 unspecified atom stereocenters. The summed E-state index contributed by atoms with van der Waals surface area (Å²) < 4.78 is 4.96. The van der Waals surface area contributed by atoms with Crippen LogP contribution in [0.25, 0.3) is 10.9 Å². The van der Waals surface area contributed by atoms with Crippen molar-refractivity contribution in [3.05, 3.63) is 36.0 Å². The molecule has 0 saturated carbocycles. The number of ether oxygens (including phenoxy) is 1. The molecule has 1 aromatic carbocycles. The molecule has 0 fully saturated rings. The van der Waals surface area contributed by atoms with Gasteiger partial charge in [-0.25, -0.2) is 0 Å². The van der Waals surface area contributed by atoms with E-state index in [1.54, 1.807) is 0 Å². The van der Waals surface area contributed by atoms with E-state index in [-0.39, 0.29) is 19.1 Å². The van der Waals surface area contributed by atoms with Crippen molar-refractivity contribution in [1.82, 2.24) is 4.98 Å². The van der Waals surface area contributed by atoms with E-state index in [2.05, 4.69) is 4.98 Å². The minimum absolute atomic E-state index is 0.0810. The van der Waals surface area contributed by atoms with Crippen LogP contribution < -0.4 is 5.73 Å². The summed E-state index contributed by atoms with van der Waals surface area (Å²) in [6.45, 7) is 0.183. The maximum atomic E-state index is 10.9. The third-order valence-electron chi connectivity index (χ3n) is 2.23. The fourth-order valence-electron chi connectivity index (χ4n) is 1.47. The highest BCUT2D eigenvalue weighted by molar-refractivity contribution is 5.83. The monoisotopic (exact) mass is 204 g/mol. The molecule has 3 N–H and O–H groups in total. The second kappa shape index (κ2) is 4.14. The van der Waals surface area contributed by atoms with Gasteiger partial charge in [-0.15, -0.1) is 0 Å². The molecule has 15 heavy (non-hydrogen) atoms. The maximum Gasteiger partial charge on any atom is 0.320 e. The van der Waals surface area contributed by atoms with Crippen LogP contribution in [0, 0.1) is 0 Å². The van der Waals surface area contributed by atoms with Crippen molar-refractivity contribution < 1.29 is 9.53 Å². The molecule has 0 radical (unpaired) electrons. The van der Waals surface area contributed by atoms with Crippen molar-refractivity contribution in [3.63, 3.8) is 0 Å². The lowest BCUT2D eigenvalue weighted by molar-refractivity contribution is -0.143. The average molecular weight is 204 g/mol. The zero-order valence-corrected chi connectivity index (χ0v) is 8.19. The largest absolute Gasteiger partial charge is 0.460 e. The van der Waals surface area contributed by atoms with Crippen LogP contribution in [0.15, 0.2) is 30.5 Å². The predicted molar refractivity (Wildman–Crippen MR) is 57.1 cm³/mol. The first-order valence-corrected chi connectivity index (χ1v) is 4.72. The highest BCUT2D eigenvalue weighted by Crippen LogP contribution is 2.18. The highest BCUT2D eigenvalue weighted by Gasteiger charge is 2.05. The average Bonchev–Trinajstić information content (AvgIpc) is 2.69. The van der Waals surface area contributed by atoms with Crippen molar-refractivity contribution in [2.75, 3.05) is 6.54 Å². The minimum Gasteiger partial charge on any atom is -0.460 e. The molecule has 78 valence electrons. The third kappa shape index (κ3) is 1.99. The van der Waals surface area contributed by atoms with Crippen molar-refractivity contribution in [3.8, 4) is 0 Å². The summed E-state index contributed by atoms with van der Waals surface area (Å²) in [5.74, 6) is -0.389. The quantitative estimate of drug-likeness (QED) is 0.737. The number of aromatic nitrogens is 1. The first kappa shape index (κ1) is 9.73.